The van der Waals surface area contributed by atoms with Gasteiger partial charge in [-0.2, -0.15) is 0 Å². The summed E-state index contributed by atoms with van der Waals surface area (Å²) in [5.74, 6) is 0.276. The van der Waals surface area contributed by atoms with Crippen molar-refractivity contribution in [3.05, 3.63) is 71.1 Å². The lowest BCUT2D eigenvalue weighted by Crippen LogP contribution is -2.26. The van der Waals surface area contributed by atoms with Crippen LogP contribution in [0.4, 0.5) is 5.69 Å². The Kier molecular flexibility index (Phi) is 6.67. The Hall–Kier alpha value is -3.12. The molecule has 3 aromatic rings. The van der Waals surface area contributed by atoms with E-state index >= 15 is 0 Å². The van der Waals surface area contributed by atoms with Gasteiger partial charge >= 0.3 is 0 Å². The van der Waals surface area contributed by atoms with Gasteiger partial charge in [-0.05, 0) is 43.2 Å². The number of carbonyl (C=O) groups is 2. The number of benzene rings is 2. The van der Waals surface area contributed by atoms with Crippen LogP contribution in [0.2, 0.25) is 0 Å². The first-order valence-corrected chi connectivity index (χ1v) is 10.3. The molecule has 5 nitrogen and oxygen atoms in total. The van der Waals surface area contributed by atoms with E-state index in [-0.39, 0.29) is 17.9 Å². The molecule has 2 N–H and O–H groups in total. The summed E-state index contributed by atoms with van der Waals surface area (Å²) in [7, 11) is 0. The molecule has 2 aromatic carbocycles. The first-order chi connectivity index (χ1) is 14.0. The zero-order valence-electron chi connectivity index (χ0n) is 16.7. The quantitative estimate of drug-likeness (QED) is 0.560. The number of hydrogen-bond donors (Lipinski definition) is 2. The molecule has 0 aliphatic heterocycles. The average Bonchev–Trinajstić information content (AvgIpc) is 3.13. The summed E-state index contributed by atoms with van der Waals surface area (Å²) >= 11 is 1.42. The molecule has 3 rings (SSSR count). The van der Waals surface area contributed by atoms with Crippen molar-refractivity contribution in [2.24, 2.45) is 0 Å². The standard InChI is InChI=1S/C23H24N2O3S/c1-4-28-20-14-21(17-9-6-5-7-10-17)29-22(20)23(27)24-15(2)18-11-8-12-19(13-18)25-16(3)26/h5-15H,4H2,1-3H3,(H,24,27)(H,25,26). The maximum atomic E-state index is 13.0. The van der Waals surface area contributed by atoms with Crippen molar-refractivity contribution in [1.82, 2.24) is 5.32 Å². The fraction of sp³-hybridized carbons (Fsp3) is 0.217. The second-order valence-corrected chi connectivity index (χ2v) is 7.66. The topological polar surface area (TPSA) is 67.4 Å². The minimum atomic E-state index is -0.229. The third-order valence-electron chi connectivity index (χ3n) is 4.32. The molecule has 29 heavy (non-hydrogen) atoms. The predicted octanol–water partition coefficient (Wildman–Crippen LogP) is 5.26. The van der Waals surface area contributed by atoms with Crippen LogP contribution in [-0.2, 0) is 4.79 Å². The molecule has 0 radical (unpaired) electrons. The van der Waals surface area contributed by atoms with Gasteiger partial charge in [-0.15, -0.1) is 11.3 Å². The number of anilines is 1. The van der Waals surface area contributed by atoms with Gasteiger partial charge in [-0.1, -0.05) is 42.5 Å². The molecule has 0 saturated carbocycles. The molecule has 0 aliphatic rings. The van der Waals surface area contributed by atoms with E-state index in [9.17, 15) is 9.59 Å². The maximum absolute atomic E-state index is 13.0. The highest BCUT2D eigenvalue weighted by molar-refractivity contribution is 7.17. The SMILES string of the molecule is CCOc1cc(-c2ccccc2)sc1C(=O)NC(C)c1cccc(NC(C)=O)c1. The van der Waals surface area contributed by atoms with Gasteiger partial charge in [-0.25, -0.2) is 0 Å². The second-order valence-electron chi connectivity index (χ2n) is 6.60. The van der Waals surface area contributed by atoms with E-state index in [1.807, 2.05) is 74.5 Å². The normalized spacial score (nSPS) is 11.6. The minimum absolute atomic E-state index is 0.132. The second kappa shape index (κ2) is 9.39. The zero-order valence-corrected chi connectivity index (χ0v) is 17.5. The van der Waals surface area contributed by atoms with Gasteiger partial charge in [0.1, 0.15) is 10.6 Å². The van der Waals surface area contributed by atoms with Crippen LogP contribution in [-0.4, -0.2) is 18.4 Å². The summed E-state index contributed by atoms with van der Waals surface area (Å²) in [5, 5.41) is 5.80. The third-order valence-corrected chi connectivity index (χ3v) is 5.48. The number of thiophene rings is 1. The molecule has 0 aliphatic carbocycles. The van der Waals surface area contributed by atoms with Crippen molar-refractivity contribution >= 4 is 28.8 Å². The molecule has 6 heteroatoms. The zero-order chi connectivity index (χ0) is 20.8. The van der Waals surface area contributed by atoms with Gasteiger partial charge in [0.25, 0.3) is 5.91 Å². The molecule has 0 saturated heterocycles. The van der Waals surface area contributed by atoms with Crippen LogP contribution in [0.15, 0.2) is 60.7 Å². The number of nitrogens with one attached hydrogen (secondary N) is 2. The van der Waals surface area contributed by atoms with Crippen molar-refractivity contribution in [3.63, 3.8) is 0 Å². The van der Waals surface area contributed by atoms with E-state index in [4.69, 9.17) is 4.74 Å². The fourth-order valence-corrected chi connectivity index (χ4v) is 3.98. The molecule has 1 atom stereocenters. The lowest BCUT2D eigenvalue weighted by atomic mass is 10.1. The smallest absolute Gasteiger partial charge is 0.265 e. The van der Waals surface area contributed by atoms with E-state index in [0.29, 0.717) is 22.9 Å². The van der Waals surface area contributed by atoms with E-state index in [2.05, 4.69) is 10.6 Å². The summed E-state index contributed by atoms with van der Waals surface area (Å²) in [5.41, 5.74) is 2.66. The Morgan fingerprint density at radius 3 is 2.52 bits per heavy atom. The molecular formula is C23H24N2O3S. The highest BCUT2D eigenvalue weighted by Gasteiger charge is 2.20. The Labute approximate surface area is 174 Å². The van der Waals surface area contributed by atoms with Gasteiger partial charge in [0.2, 0.25) is 5.91 Å². The van der Waals surface area contributed by atoms with Crippen LogP contribution in [0.5, 0.6) is 5.75 Å². The van der Waals surface area contributed by atoms with Crippen molar-refractivity contribution in [3.8, 4) is 16.2 Å². The molecule has 150 valence electrons. The summed E-state index contributed by atoms with van der Waals surface area (Å²) in [4.78, 5) is 25.8. The summed E-state index contributed by atoms with van der Waals surface area (Å²) in [6, 6.07) is 19.1. The Bertz CT molecular complexity index is 998. The van der Waals surface area contributed by atoms with E-state index in [1.165, 1.54) is 18.3 Å². The molecule has 0 bridgehead atoms. The predicted molar refractivity (Wildman–Crippen MR) is 118 cm³/mol. The van der Waals surface area contributed by atoms with Crippen LogP contribution < -0.4 is 15.4 Å². The van der Waals surface area contributed by atoms with E-state index in [0.717, 1.165) is 16.0 Å². The molecule has 2 amide bonds. The number of amides is 2. The van der Waals surface area contributed by atoms with Crippen LogP contribution >= 0.6 is 11.3 Å². The summed E-state index contributed by atoms with van der Waals surface area (Å²) < 4.78 is 5.71. The van der Waals surface area contributed by atoms with Crippen LogP contribution in [0.1, 0.15) is 42.0 Å². The molecule has 1 unspecified atom stereocenters. The largest absolute Gasteiger partial charge is 0.492 e. The Morgan fingerprint density at radius 2 is 1.83 bits per heavy atom. The highest BCUT2D eigenvalue weighted by Crippen LogP contribution is 2.36. The number of hydrogen-bond acceptors (Lipinski definition) is 4. The van der Waals surface area contributed by atoms with Crippen molar-refractivity contribution in [2.45, 2.75) is 26.8 Å². The van der Waals surface area contributed by atoms with Gasteiger partial charge in [0.15, 0.2) is 0 Å². The molecule has 1 aromatic heterocycles. The molecule has 1 heterocycles. The van der Waals surface area contributed by atoms with Gasteiger partial charge in [0.05, 0.1) is 12.6 Å². The molecular weight excluding hydrogens is 384 g/mol. The third kappa shape index (κ3) is 5.23. The summed E-state index contributed by atoms with van der Waals surface area (Å²) in [6.45, 7) is 5.77. The van der Waals surface area contributed by atoms with E-state index in [1.54, 1.807) is 0 Å². The van der Waals surface area contributed by atoms with Gasteiger partial charge in [0, 0.05) is 17.5 Å². The van der Waals surface area contributed by atoms with Gasteiger partial charge < -0.3 is 15.4 Å². The van der Waals surface area contributed by atoms with Crippen LogP contribution in [0.25, 0.3) is 10.4 Å². The number of carbonyl (C=O) groups excluding carboxylic acids is 2. The highest BCUT2D eigenvalue weighted by atomic mass is 32.1. The first kappa shape index (κ1) is 20.6. The average molecular weight is 409 g/mol. The summed E-state index contributed by atoms with van der Waals surface area (Å²) in [6.07, 6.45) is 0. The van der Waals surface area contributed by atoms with Crippen molar-refractivity contribution < 1.29 is 14.3 Å². The number of rotatable bonds is 7. The van der Waals surface area contributed by atoms with Crippen molar-refractivity contribution in [1.29, 1.82) is 0 Å². The lowest BCUT2D eigenvalue weighted by molar-refractivity contribution is -0.114. The molecule has 0 fully saturated rings. The van der Waals surface area contributed by atoms with Crippen molar-refractivity contribution in [2.75, 3.05) is 11.9 Å². The van der Waals surface area contributed by atoms with Crippen LogP contribution in [0, 0.1) is 0 Å². The van der Waals surface area contributed by atoms with Crippen LogP contribution in [0.3, 0.4) is 0 Å². The lowest BCUT2D eigenvalue weighted by Gasteiger charge is -2.15. The Morgan fingerprint density at radius 1 is 1.07 bits per heavy atom. The monoisotopic (exact) mass is 408 g/mol. The Balaban J connectivity index is 1.81. The molecule has 0 spiro atoms. The maximum Gasteiger partial charge on any atom is 0.265 e. The van der Waals surface area contributed by atoms with E-state index < -0.39 is 0 Å². The fourth-order valence-electron chi connectivity index (χ4n) is 2.97. The van der Waals surface area contributed by atoms with Gasteiger partial charge in [-0.3, -0.25) is 9.59 Å². The first-order valence-electron chi connectivity index (χ1n) is 9.48. The minimum Gasteiger partial charge on any atom is -0.492 e. The number of ether oxygens (including phenoxy) is 1.